The number of fused-ring (bicyclic) bond motifs is 21. The smallest absolute Gasteiger partial charge is 0.0619 e. The fraction of sp³-hybridized carbons (Fsp3) is 0.123. The number of ketones is 1. The number of nitrogens with one attached hydrogen (secondary N) is 3. The van der Waals surface area contributed by atoms with Gasteiger partial charge in [-0.1, -0.05) is 343 Å². The molecule has 22 rings (SSSR count). The van der Waals surface area contributed by atoms with Gasteiger partial charge in [-0.05, 0) is 167 Å². The molecule has 623 valence electrons. The van der Waals surface area contributed by atoms with Gasteiger partial charge < -0.3 is 29.6 Å². The number of para-hydroxylation sites is 7. The number of benzene rings is 16. The van der Waals surface area contributed by atoms with Crippen LogP contribution in [0.15, 0.2) is 379 Å². The van der Waals surface area contributed by atoms with Gasteiger partial charge in [-0.15, -0.1) is 24.8 Å². The van der Waals surface area contributed by atoms with Gasteiger partial charge in [0.25, 0.3) is 0 Å². The molecule has 0 fully saturated rings. The van der Waals surface area contributed by atoms with Crippen molar-refractivity contribution in [1.82, 2.24) is 19.1 Å². The second-order valence-electron chi connectivity index (χ2n) is 27.1. The van der Waals surface area contributed by atoms with E-state index in [1.807, 2.05) is 86.6 Å². The zero-order chi connectivity index (χ0) is 84.5. The Kier molecular flexibility index (Phi) is 38.3. The van der Waals surface area contributed by atoms with Gasteiger partial charge in [0.05, 0.1) is 36.1 Å². The van der Waals surface area contributed by atoms with Crippen LogP contribution in [0.2, 0.25) is 0 Å². The van der Waals surface area contributed by atoms with Gasteiger partial charge in [-0.2, -0.15) is 0 Å². The third kappa shape index (κ3) is 22.8. The molecule has 4 heterocycles. The number of nitrogens with two attached hydrogens (primary N) is 1. The number of rotatable bonds is 3. The number of anilines is 1. The molecule has 0 atom stereocenters. The number of H-pyrrole nitrogens is 2. The second kappa shape index (κ2) is 49.5. The van der Waals surface area contributed by atoms with Crippen LogP contribution in [-0.4, -0.2) is 51.4 Å². The normalized spacial score (nSPS) is 11.0. The molecule has 16 heteroatoms. The maximum absolute atomic E-state index is 11.3. The van der Waals surface area contributed by atoms with Crippen molar-refractivity contribution in [2.45, 2.75) is 75.2 Å². The van der Waals surface area contributed by atoms with E-state index in [1.54, 1.807) is 6.92 Å². The number of halogens is 5. The molecule has 6 N–H and O–H groups in total. The van der Waals surface area contributed by atoms with Crippen LogP contribution in [0.4, 0.5) is 10.1 Å². The van der Waals surface area contributed by atoms with E-state index in [4.69, 9.17) is 15.3 Å². The van der Waals surface area contributed by atoms with Gasteiger partial charge in [0.1, 0.15) is 0 Å². The van der Waals surface area contributed by atoms with E-state index in [9.17, 15) is 9.18 Å². The zero-order valence-corrected chi connectivity index (χ0v) is 72.7. The molecule has 16 aromatic carbocycles. The van der Waals surface area contributed by atoms with Gasteiger partial charge in [0.2, 0.25) is 0 Å². The zero-order valence-electron chi connectivity index (χ0n) is 69.4. The van der Waals surface area contributed by atoms with E-state index in [1.165, 1.54) is 152 Å². The van der Waals surface area contributed by atoms with Crippen LogP contribution in [0, 0.1) is 3.57 Å². The van der Waals surface area contributed by atoms with Gasteiger partial charge in [-0.3, -0.25) is 15.0 Å². The SMILES string of the molecule is Brc1cc2c3ccccc3n(-c3ccccc3)c2c2ccccc12.C.C.C.CC.CCO.Cl.Cl.Ic1ccccc1.NNc1ccccc1.O=C1CCCc2ccccc21.[2H]CF.[2H][2H].[B]=NS.c1ccc(-n2c3ccccc3c3ccc4ccccc4c32)cc1.c1ccc2c(c1)CCc1c-2[nH]c2ccccc12.c1ccc2c(c1)ccc1c3ccccc3[nH]c21. The molecule has 0 amide bonds. The third-order valence-electron chi connectivity index (χ3n) is 20.2. The monoisotopic (exact) mass is 1850 g/mol. The predicted octanol–water partition coefficient (Wildman–Crippen LogP) is 31.3. The molecule has 9 nitrogen and oxygen atoms in total. The molecular weight excluding hydrogens is 1740 g/mol. The van der Waals surface area contributed by atoms with Gasteiger partial charge >= 0.3 is 24.8 Å². The number of aromatic amines is 2. The topological polar surface area (TPSA) is 129 Å². The first-order chi connectivity index (χ1) is 59.1. The summed E-state index contributed by atoms with van der Waals surface area (Å²) >= 11 is 9.23. The van der Waals surface area contributed by atoms with E-state index in [0.29, 0.717) is 5.78 Å². The summed E-state index contributed by atoms with van der Waals surface area (Å²) in [5, 5.41) is 24.4. The number of thiol groups is 1. The molecule has 2 aliphatic rings. The molecule has 0 saturated heterocycles. The Morgan fingerprint density at radius 1 is 0.484 bits per heavy atom. The van der Waals surface area contributed by atoms with Crippen LogP contribution in [-0.2, 0) is 19.3 Å². The Morgan fingerprint density at radius 2 is 0.869 bits per heavy atom. The summed E-state index contributed by atoms with van der Waals surface area (Å²) in [5.41, 5.74) is 22.4. The van der Waals surface area contributed by atoms with Crippen molar-refractivity contribution >= 4 is 204 Å². The minimum absolute atomic E-state index is 0. The Balaban J connectivity index is 0.000000225. The largest absolute Gasteiger partial charge is 0.354 e. The maximum atomic E-state index is 11.3. The van der Waals surface area contributed by atoms with E-state index in [2.05, 4.69) is 385 Å². The van der Waals surface area contributed by atoms with Crippen molar-refractivity contribution in [1.29, 1.82) is 0 Å². The van der Waals surface area contributed by atoms with E-state index in [0.717, 1.165) is 47.8 Å². The van der Waals surface area contributed by atoms with Crippen molar-refractivity contribution in [3.8, 4) is 22.6 Å². The summed E-state index contributed by atoms with van der Waals surface area (Å²) in [6.45, 7) is 5.93. The number of carbonyl (C=O) groups excluding carboxylic acids is 1. The van der Waals surface area contributed by atoms with Crippen molar-refractivity contribution in [3.63, 3.8) is 0 Å². The van der Waals surface area contributed by atoms with Gasteiger partial charge in [0.15, 0.2) is 5.78 Å². The number of aromatic nitrogens is 4. The van der Waals surface area contributed by atoms with Crippen LogP contribution in [0.5, 0.6) is 0 Å². The van der Waals surface area contributed by atoms with Crippen molar-refractivity contribution in [2.24, 2.45) is 10.1 Å². The number of aryl methyl sites for hydroxylation is 3. The second-order valence-corrected chi connectivity index (χ2v) is 29.4. The van der Waals surface area contributed by atoms with Crippen molar-refractivity contribution in [2.75, 3.05) is 19.2 Å². The van der Waals surface area contributed by atoms with Gasteiger partial charge in [0, 0.05) is 123 Å². The third-order valence-corrected chi connectivity index (χ3v) is 21.6. The average molecular weight is 1850 g/mol. The molecule has 0 aliphatic heterocycles. The van der Waals surface area contributed by atoms with Crippen LogP contribution in [0.1, 0.15) is 87.3 Å². The fourth-order valence-electron chi connectivity index (χ4n) is 15.3. The van der Waals surface area contributed by atoms with Crippen LogP contribution >= 0.6 is 76.1 Å². The standard InChI is InChI=1S/C22H14BrN.C22H15N.C16H13N.C16H11N.C10H10O.C6H5I.C6H8N2.C2H6O.C2H6.CH3F.3CH4.BHNS.2ClH.H2/c23-20-14-19-17-11-6-7-13-21(17)24(15-8-2-1-3-9-15)22(19)18-12-5-4-10-16(18)20;1-2-9-17(10-3-1)23-21-13-7-6-12-19(21)20-15-14-16-8-4-5-11-18(16)22(20)23;2*1-2-6-12-11(5-1)9-10-14-13-7-3-4-8-15(13)17-16(12)14;11-10-7-3-5-8-4-1-2-6-9(8)10;7-6-4-2-1-3-5-6;7-8-6-4-2-1-3-5-6;1-2-3;2*1-2;;;;1-2-3;;;/h1-14H;1-15H;1-8,17H,9-10H2;1-10,17H;1-2,4,6H,3,5,7H2;1-5H;1-5,8H,7H2;3H,2H2,1H3;1-2H3;1H3;3*1H4;3H;3*1H/i;;;;;;;;;1D;;;;;;;1+1D. The van der Waals surface area contributed by atoms with E-state index >= 15 is 0 Å². The summed E-state index contributed by atoms with van der Waals surface area (Å²) in [6.07, 6.45) is 5.14. The molecule has 20 aromatic rings. The number of hydrogen-bond acceptors (Lipinski definition) is 6. The van der Waals surface area contributed by atoms with Crippen molar-refractivity contribution in [3.05, 3.63) is 400 Å². The number of Topliss-reactive ketones (excluding diaryl/α,β-unsaturated/α-hetero) is 1. The first kappa shape index (κ1) is 94.4. The van der Waals surface area contributed by atoms with E-state index < -0.39 is 7.15 Å². The first-order valence-electron chi connectivity index (χ1n) is 40.8. The van der Waals surface area contributed by atoms with Gasteiger partial charge in [-0.25, -0.2) is 0 Å². The van der Waals surface area contributed by atoms with Crippen LogP contribution in [0.25, 0.3) is 131 Å². The summed E-state index contributed by atoms with van der Waals surface area (Å²) in [4.78, 5) is 18.4. The minimum Gasteiger partial charge on any atom is -0.354 e. The number of nitrogen functional groups attached to an aromatic ring is 1. The Hall–Kier alpha value is -11.4. The summed E-state index contributed by atoms with van der Waals surface area (Å²) in [6, 6.07) is 129. The number of aliphatic hydroxyl groups excluding tert-OH is 1. The Bertz CT molecular complexity index is 6690. The molecule has 2 aliphatic carbocycles. The number of alkyl halides is 1. The number of hydrogen-bond donors (Lipinski definition) is 6. The molecule has 1 radical (unpaired) electrons. The molecule has 4 aromatic heterocycles. The number of nitrogens with zero attached hydrogens (tertiary/aromatic N) is 3. The number of carbonyl (C=O) groups is 1. The van der Waals surface area contributed by atoms with Crippen molar-refractivity contribution < 1.29 is 18.6 Å². The quantitative estimate of drug-likeness (QED) is 0.0346. The summed E-state index contributed by atoms with van der Waals surface area (Å²) < 4.78 is 35.4. The number of hydrazine groups is 1. The van der Waals surface area contributed by atoms with Crippen LogP contribution in [0.3, 0.4) is 0 Å². The first-order valence-corrected chi connectivity index (χ1v) is 41.4. The summed E-state index contributed by atoms with van der Waals surface area (Å²) in [7, 11) is 3.34. The molecule has 122 heavy (non-hydrogen) atoms. The molecular formula is C106H108BBrCl2FIN7O2S. The molecule has 0 saturated carbocycles. The fourth-order valence-corrected chi connectivity index (χ4v) is 16.2. The minimum atomic E-state index is -1.00. The molecule has 0 bridgehead atoms. The number of aliphatic hydroxyl groups is 1. The maximum Gasteiger partial charge on any atom is 0.0619 e. The predicted molar refractivity (Wildman–Crippen MR) is 551 cm³/mol. The Morgan fingerprint density at radius 3 is 1.39 bits per heavy atom. The molecule has 0 unspecified atom stereocenters. The molecule has 0 spiro atoms. The van der Waals surface area contributed by atoms with E-state index in [-0.39, 0.29) is 53.7 Å². The average Bonchev–Trinajstić information content (AvgIpc) is 1.57. The Labute approximate surface area is 762 Å². The van der Waals surface area contributed by atoms with Crippen LogP contribution < -0.4 is 11.3 Å². The summed E-state index contributed by atoms with van der Waals surface area (Å²) in [5.74, 6) is 5.41.